The van der Waals surface area contributed by atoms with Crippen LogP contribution in [0.1, 0.15) is 5.82 Å². The Morgan fingerprint density at radius 2 is 2.48 bits per heavy atom. The number of aliphatic carboxylic acids is 1. The van der Waals surface area contributed by atoms with Gasteiger partial charge in [-0.15, -0.1) is 11.3 Å². The van der Waals surface area contributed by atoms with Crippen LogP contribution < -0.4 is 5.32 Å². The van der Waals surface area contributed by atoms with Crippen molar-refractivity contribution < 1.29 is 19.2 Å². The molecule has 3 rings (SSSR count). The van der Waals surface area contributed by atoms with Gasteiger partial charge in [0.25, 0.3) is 5.89 Å². The third-order valence-corrected chi connectivity index (χ3v) is 3.97. The van der Waals surface area contributed by atoms with E-state index in [4.69, 9.17) is 4.52 Å². The van der Waals surface area contributed by atoms with Crippen molar-refractivity contribution in [1.82, 2.24) is 20.4 Å². The Labute approximate surface area is 123 Å². The van der Waals surface area contributed by atoms with Crippen LogP contribution in [0.3, 0.4) is 0 Å². The van der Waals surface area contributed by atoms with Gasteiger partial charge in [-0.2, -0.15) is 4.98 Å². The van der Waals surface area contributed by atoms with Crippen LogP contribution in [0.15, 0.2) is 22.0 Å². The van der Waals surface area contributed by atoms with Crippen molar-refractivity contribution in [1.29, 1.82) is 0 Å². The number of aromatic nitrogens is 2. The molecule has 9 heteroatoms. The van der Waals surface area contributed by atoms with Crippen molar-refractivity contribution >= 4 is 23.2 Å². The molecule has 1 amide bonds. The molecule has 110 valence electrons. The van der Waals surface area contributed by atoms with Crippen molar-refractivity contribution in [3.63, 3.8) is 0 Å². The normalized spacial score (nSPS) is 19.4. The number of rotatable bonds is 4. The average Bonchev–Trinajstić information content (AvgIpc) is 3.08. The SMILES string of the molecule is O=C1CN(Cc2noc(-c3cccs3)n2)C(C(=O)O)CN1. The number of hydrogen-bond acceptors (Lipinski definition) is 7. The molecule has 8 nitrogen and oxygen atoms in total. The van der Waals surface area contributed by atoms with E-state index in [-0.39, 0.29) is 25.5 Å². The number of carboxylic acid groups (broad SMARTS) is 1. The Morgan fingerprint density at radius 3 is 3.19 bits per heavy atom. The van der Waals surface area contributed by atoms with E-state index < -0.39 is 12.0 Å². The fourth-order valence-electron chi connectivity index (χ4n) is 2.10. The minimum atomic E-state index is -0.989. The van der Waals surface area contributed by atoms with Crippen LogP contribution in [0.4, 0.5) is 0 Å². The maximum Gasteiger partial charge on any atom is 0.322 e. The first-order valence-electron chi connectivity index (χ1n) is 6.23. The van der Waals surface area contributed by atoms with Crippen LogP contribution >= 0.6 is 11.3 Å². The summed E-state index contributed by atoms with van der Waals surface area (Å²) in [5.74, 6) is -0.445. The molecule has 2 N–H and O–H groups in total. The van der Waals surface area contributed by atoms with Gasteiger partial charge in [-0.3, -0.25) is 14.5 Å². The molecule has 1 saturated heterocycles. The minimum Gasteiger partial charge on any atom is -0.480 e. The van der Waals surface area contributed by atoms with Crippen LogP contribution in [-0.2, 0) is 16.1 Å². The minimum absolute atomic E-state index is 0.000157. The first-order valence-corrected chi connectivity index (χ1v) is 7.11. The van der Waals surface area contributed by atoms with Crippen LogP contribution in [0.25, 0.3) is 10.8 Å². The van der Waals surface area contributed by atoms with E-state index >= 15 is 0 Å². The molecule has 0 bridgehead atoms. The van der Waals surface area contributed by atoms with E-state index in [1.54, 1.807) is 0 Å². The second-order valence-electron chi connectivity index (χ2n) is 4.56. The van der Waals surface area contributed by atoms with Gasteiger partial charge in [0.1, 0.15) is 6.04 Å². The molecule has 0 saturated carbocycles. The van der Waals surface area contributed by atoms with Crippen molar-refractivity contribution in [2.24, 2.45) is 0 Å². The van der Waals surface area contributed by atoms with Crippen LogP contribution in [0.2, 0.25) is 0 Å². The van der Waals surface area contributed by atoms with Gasteiger partial charge in [0.15, 0.2) is 5.82 Å². The second-order valence-corrected chi connectivity index (χ2v) is 5.50. The van der Waals surface area contributed by atoms with Gasteiger partial charge in [-0.05, 0) is 11.4 Å². The number of hydrogen-bond donors (Lipinski definition) is 2. The number of piperazine rings is 1. The van der Waals surface area contributed by atoms with Gasteiger partial charge in [-0.1, -0.05) is 11.2 Å². The zero-order chi connectivity index (χ0) is 14.8. The predicted molar refractivity (Wildman–Crippen MR) is 72.5 cm³/mol. The summed E-state index contributed by atoms with van der Waals surface area (Å²) < 4.78 is 5.15. The van der Waals surface area contributed by atoms with E-state index in [2.05, 4.69) is 15.5 Å². The molecule has 2 aromatic heterocycles. The molecule has 2 aromatic rings. The zero-order valence-corrected chi connectivity index (χ0v) is 11.7. The molecule has 0 radical (unpaired) electrons. The van der Waals surface area contributed by atoms with Gasteiger partial charge in [0.2, 0.25) is 5.91 Å². The predicted octanol–water partition coefficient (Wildman–Crippen LogP) is 0.183. The first kappa shape index (κ1) is 13.7. The molecule has 0 aliphatic carbocycles. The molecule has 0 spiro atoms. The van der Waals surface area contributed by atoms with Gasteiger partial charge in [0.05, 0.1) is 18.0 Å². The Hall–Kier alpha value is -2.26. The summed E-state index contributed by atoms with van der Waals surface area (Å²) >= 11 is 1.47. The van der Waals surface area contributed by atoms with Gasteiger partial charge in [0, 0.05) is 6.54 Å². The summed E-state index contributed by atoms with van der Waals surface area (Å²) in [6, 6.07) is 2.95. The summed E-state index contributed by atoms with van der Waals surface area (Å²) in [4.78, 5) is 29.2. The lowest BCUT2D eigenvalue weighted by atomic mass is 10.2. The standard InChI is InChI=1S/C12H12N4O4S/c17-10-6-16(7(4-13-10)12(18)19)5-9-14-11(20-15-9)8-2-1-3-21-8/h1-3,7H,4-6H2,(H,13,17)(H,18,19). The average molecular weight is 308 g/mol. The molecule has 1 fully saturated rings. The van der Waals surface area contributed by atoms with E-state index in [9.17, 15) is 14.7 Å². The number of thiophene rings is 1. The van der Waals surface area contributed by atoms with Crippen molar-refractivity contribution in [3.05, 3.63) is 23.3 Å². The summed E-state index contributed by atoms with van der Waals surface area (Å²) in [6.45, 7) is 0.225. The lowest BCUT2D eigenvalue weighted by Crippen LogP contribution is -2.57. The highest BCUT2D eigenvalue weighted by Crippen LogP contribution is 2.23. The first-order chi connectivity index (χ1) is 10.1. The van der Waals surface area contributed by atoms with E-state index in [0.717, 1.165) is 4.88 Å². The van der Waals surface area contributed by atoms with Crippen molar-refractivity contribution in [2.75, 3.05) is 13.1 Å². The third-order valence-electron chi connectivity index (χ3n) is 3.11. The molecule has 1 aliphatic heterocycles. The molecule has 3 heterocycles. The molecular weight excluding hydrogens is 296 g/mol. The molecular formula is C12H12N4O4S. The maximum absolute atomic E-state index is 11.4. The Bertz CT molecular complexity index is 654. The highest BCUT2D eigenvalue weighted by molar-refractivity contribution is 7.13. The van der Waals surface area contributed by atoms with Crippen molar-refractivity contribution in [2.45, 2.75) is 12.6 Å². The van der Waals surface area contributed by atoms with Crippen LogP contribution in [0, 0.1) is 0 Å². The summed E-state index contributed by atoms with van der Waals surface area (Å²) in [6.07, 6.45) is 0. The van der Waals surface area contributed by atoms with E-state index in [1.165, 1.54) is 16.2 Å². The van der Waals surface area contributed by atoms with Crippen molar-refractivity contribution in [3.8, 4) is 10.8 Å². The number of carboxylic acids is 1. The largest absolute Gasteiger partial charge is 0.480 e. The van der Waals surface area contributed by atoms with E-state index in [0.29, 0.717) is 11.7 Å². The van der Waals surface area contributed by atoms with Gasteiger partial charge >= 0.3 is 5.97 Å². The fraction of sp³-hybridized carbons (Fsp3) is 0.333. The lowest BCUT2D eigenvalue weighted by molar-refractivity contribution is -0.146. The monoisotopic (exact) mass is 308 g/mol. The van der Waals surface area contributed by atoms with E-state index in [1.807, 2.05) is 17.5 Å². The smallest absolute Gasteiger partial charge is 0.322 e. The number of carbonyl (C=O) groups is 2. The molecule has 21 heavy (non-hydrogen) atoms. The molecule has 0 aromatic carbocycles. The Kier molecular flexibility index (Phi) is 3.67. The summed E-state index contributed by atoms with van der Waals surface area (Å²) in [5, 5.41) is 17.4. The van der Waals surface area contributed by atoms with Gasteiger partial charge in [-0.25, -0.2) is 0 Å². The second kappa shape index (κ2) is 5.62. The summed E-state index contributed by atoms with van der Waals surface area (Å²) in [7, 11) is 0. The molecule has 1 atom stereocenters. The lowest BCUT2D eigenvalue weighted by Gasteiger charge is -2.31. The number of carbonyl (C=O) groups excluding carboxylic acids is 1. The number of nitrogens with one attached hydrogen (secondary N) is 1. The third kappa shape index (κ3) is 2.93. The fourth-order valence-corrected chi connectivity index (χ4v) is 2.74. The number of amides is 1. The quantitative estimate of drug-likeness (QED) is 0.829. The molecule has 1 aliphatic rings. The number of nitrogens with zero attached hydrogens (tertiary/aromatic N) is 3. The molecule has 1 unspecified atom stereocenters. The zero-order valence-electron chi connectivity index (χ0n) is 10.9. The topological polar surface area (TPSA) is 109 Å². The summed E-state index contributed by atoms with van der Waals surface area (Å²) in [5.41, 5.74) is 0. The highest BCUT2D eigenvalue weighted by Gasteiger charge is 2.32. The Balaban J connectivity index is 1.75. The van der Waals surface area contributed by atoms with Gasteiger partial charge < -0.3 is 14.9 Å². The van der Waals surface area contributed by atoms with Crippen LogP contribution in [-0.4, -0.2) is 51.2 Å². The highest BCUT2D eigenvalue weighted by atomic mass is 32.1. The maximum atomic E-state index is 11.4. The Morgan fingerprint density at radius 1 is 1.62 bits per heavy atom. The van der Waals surface area contributed by atoms with Crippen LogP contribution in [0.5, 0.6) is 0 Å².